The molecular formula is C28H34N4O2. The van der Waals surface area contributed by atoms with E-state index in [-0.39, 0.29) is 5.91 Å². The van der Waals surface area contributed by atoms with Crippen molar-refractivity contribution in [3.63, 3.8) is 0 Å². The quantitative estimate of drug-likeness (QED) is 0.501. The average Bonchev–Trinajstić information content (AvgIpc) is 3.10. The average molecular weight is 459 g/mol. The minimum Gasteiger partial charge on any atom is -0.493 e. The second-order valence-corrected chi connectivity index (χ2v) is 9.52. The van der Waals surface area contributed by atoms with Gasteiger partial charge in [-0.3, -0.25) is 9.48 Å². The SMILES string of the molecule is Cc1cc(C(=O)N2Cc3cnn(C)c3Cc3ccccc32)ccc1OCCCN1CCCCC1. The fourth-order valence-corrected chi connectivity index (χ4v) is 5.16. The van der Waals surface area contributed by atoms with Crippen LogP contribution in [0.4, 0.5) is 5.69 Å². The number of likely N-dealkylation sites (tertiary alicyclic amines) is 1. The Morgan fingerprint density at radius 3 is 2.71 bits per heavy atom. The highest BCUT2D eigenvalue weighted by Gasteiger charge is 2.27. The summed E-state index contributed by atoms with van der Waals surface area (Å²) in [6, 6.07) is 14.0. The highest BCUT2D eigenvalue weighted by Crippen LogP contribution is 2.32. The van der Waals surface area contributed by atoms with Crippen LogP contribution in [0.15, 0.2) is 48.7 Å². The van der Waals surface area contributed by atoms with E-state index in [1.165, 1.54) is 32.4 Å². The smallest absolute Gasteiger partial charge is 0.258 e. The highest BCUT2D eigenvalue weighted by atomic mass is 16.5. The molecule has 2 aromatic carbocycles. The van der Waals surface area contributed by atoms with Crippen LogP contribution in [0.1, 0.15) is 58.4 Å². The van der Waals surface area contributed by atoms with Gasteiger partial charge in [-0.2, -0.15) is 5.10 Å². The number of nitrogens with zero attached hydrogens (tertiary/aromatic N) is 4. The molecule has 1 saturated heterocycles. The molecule has 0 unspecified atom stereocenters. The van der Waals surface area contributed by atoms with Crippen molar-refractivity contribution in [1.82, 2.24) is 14.7 Å². The van der Waals surface area contributed by atoms with E-state index in [1.807, 2.05) is 66.1 Å². The van der Waals surface area contributed by atoms with Crippen LogP contribution in [0.5, 0.6) is 5.75 Å². The fourth-order valence-electron chi connectivity index (χ4n) is 5.16. The summed E-state index contributed by atoms with van der Waals surface area (Å²) >= 11 is 0. The molecular weight excluding hydrogens is 424 g/mol. The number of benzene rings is 2. The van der Waals surface area contributed by atoms with E-state index in [4.69, 9.17) is 4.74 Å². The number of hydrogen-bond acceptors (Lipinski definition) is 4. The van der Waals surface area contributed by atoms with E-state index in [1.54, 1.807) is 0 Å². The summed E-state index contributed by atoms with van der Waals surface area (Å²) in [5.41, 5.74) is 6.04. The zero-order valence-corrected chi connectivity index (χ0v) is 20.3. The van der Waals surface area contributed by atoms with Gasteiger partial charge in [-0.25, -0.2) is 0 Å². The molecule has 1 aromatic heterocycles. The number of hydrogen-bond donors (Lipinski definition) is 0. The molecule has 0 bridgehead atoms. The largest absolute Gasteiger partial charge is 0.493 e. The second kappa shape index (κ2) is 10.0. The molecule has 0 spiro atoms. The van der Waals surface area contributed by atoms with Gasteiger partial charge in [-0.1, -0.05) is 24.6 Å². The Kier molecular flexibility index (Phi) is 6.68. The lowest BCUT2D eigenvalue weighted by molar-refractivity contribution is 0.0985. The highest BCUT2D eigenvalue weighted by molar-refractivity contribution is 6.06. The molecule has 0 saturated carbocycles. The number of aryl methyl sites for hydroxylation is 2. The molecule has 1 fully saturated rings. The number of carbonyl (C=O) groups is 1. The Morgan fingerprint density at radius 2 is 1.88 bits per heavy atom. The summed E-state index contributed by atoms with van der Waals surface area (Å²) in [7, 11) is 1.97. The van der Waals surface area contributed by atoms with E-state index < -0.39 is 0 Å². The predicted molar refractivity (Wildman–Crippen MR) is 135 cm³/mol. The molecule has 1 amide bonds. The van der Waals surface area contributed by atoms with Gasteiger partial charge in [0.25, 0.3) is 5.91 Å². The van der Waals surface area contributed by atoms with Crippen molar-refractivity contribution in [2.24, 2.45) is 7.05 Å². The number of fused-ring (bicyclic) bond motifs is 2. The molecule has 178 valence electrons. The van der Waals surface area contributed by atoms with E-state index in [0.29, 0.717) is 18.7 Å². The predicted octanol–water partition coefficient (Wildman–Crippen LogP) is 4.73. The lowest BCUT2D eigenvalue weighted by Crippen LogP contribution is -2.31. The van der Waals surface area contributed by atoms with Gasteiger partial charge < -0.3 is 14.5 Å². The zero-order chi connectivity index (χ0) is 23.5. The number of carbonyl (C=O) groups excluding carboxylic acids is 1. The normalized spacial score (nSPS) is 16.0. The van der Waals surface area contributed by atoms with Crippen molar-refractivity contribution in [2.75, 3.05) is 31.1 Å². The maximum Gasteiger partial charge on any atom is 0.258 e. The molecule has 2 aliphatic rings. The number of amides is 1. The molecule has 0 N–H and O–H groups in total. The van der Waals surface area contributed by atoms with E-state index in [0.717, 1.165) is 53.2 Å². The zero-order valence-electron chi connectivity index (χ0n) is 20.3. The number of aromatic nitrogens is 2. The third-order valence-corrected chi connectivity index (χ3v) is 7.11. The van der Waals surface area contributed by atoms with Crippen molar-refractivity contribution < 1.29 is 9.53 Å². The first kappa shape index (κ1) is 22.7. The minimum atomic E-state index is 0.00361. The summed E-state index contributed by atoms with van der Waals surface area (Å²) in [5.74, 6) is 0.866. The molecule has 3 aromatic rings. The third-order valence-electron chi connectivity index (χ3n) is 7.11. The first-order chi connectivity index (χ1) is 16.6. The van der Waals surface area contributed by atoms with Crippen molar-refractivity contribution in [1.29, 1.82) is 0 Å². The number of ether oxygens (including phenoxy) is 1. The van der Waals surface area contributed by atoms with Crippen LogP contribution in [0.2, 0.25) is 0 Å². The van der Waals surface area contributed by atoms with Gasteiger partial charge in [0.1, 0.15) is 5.75 Å². The number of rotatable bonds is 6. The fraction of sp³-hybridized carbons (Fsp3) is 0.429. The number of para-hydroxylation sites is 1. The van der Waals surface area contributed by atoms with Crippen LogP contribution in [-0.2, 0) is 20.0 Å². The molecule has 0 atom stereocenters. The van der Waals surface area contributed by atoms with Crippen LogP contribution >= 0.6 is 0 Å². The molecule has 0 radical (unpaired) electrons. The van der Waals surface area contributed by atoms with Crippen LogP contribution < -0.4 is 9.64 Å². The van der Waals surface area contributed by atoms with Gasteiger partial charge in [0.15, 0.2) is 0 Å². The topological polar surface area (TPSA) is 50.6 Å². The Bertz CT molecular complexity index is 1160. The van der Waals surface area contributed by atoms with Gasteiger partial charge in [0.2, 0.25) is 0 Å². The van der Waals surface area contributed by atoms with Crippen molar-refractivity contribution >= 4 is 11.6 Å². The monoisotopic (exact) mass is 458 g/mol. The van der Waals surface area contributed by atoms with E-state index >= 15 is 0 Å². The van der Waals surface area contributed by atoms with Crippen molar-refractivity contribution in [3.8, 4) is 5.75 Å². The number of piperidine rings is 1. The summed E-state index contributed by atoms with van der Waals surface area (Å²) in [4.78, 5) is 18.1. The third kappa shape index (κ3) is 4.73. The molecule has 3 heterocycles. The summed E-state index contributed by atoms with van der Waals surface area (Å²) in [6.45, 7) is 6.78. The van der Waals surface area contributed by atoms with Gasteiger partial charge in [-0.15, -0.1) is 0 Å². The van der Waals surface area contributed by atoms with Crippen molar-refractivity contribution in [3.05, 3.63) is 76.6 Å². The Hall–Kier alpha value is -3.12. The van der Waals surface area contributed by atoms with E-state index in [9.17, 15) is 4.79 Å². The standard InChI is InChI=1S/C28H34N4O2/c1-21-17-23(11-12-27(21)34-16-8-15-31-13-6-3-7-14-31)28(33)32-20-24-19-29-30(2)26(24)18-22-9-4-5-10-25(22)32/h4-5,9-12,17,19H,3,6-8,13-16,18,20H2,1-2H3. The first-order valence-electron chi connectivity index (χ1n) is 12.5. The van der Waals surface area contributed by atoms with Gasteiger partial charge in [-0.05, 0) is 74.7 Å². The minimum absolute atomic E-state index is 0.00361. The van der Waals surface area contributed by atoms with Gasteiger partial charge >= 0.3 is 0 Å². The summed E-state index contributed by atoms with van der Waals surface area (Å²) in [6.07, 6.45) is 7.68. The molecule has 34 heavy (non-hydrogen) atoms. The van der Waals surface area contributed by atoms with Crippen LogP contribution in [-0.4, -0.2) is 46.8 Å². The van der Waals surface area contributed by atoms with Crippen LogP contribution in [0, 0.1) is 6.92 Å². The molecule has 6 heteroatoms. The van der Waals surface area contributed by atoms with Crippen molar-refractivity contribution in [2.45, 2.75) is 45.6 Å². The molecule has 6 nitrogen and oxygen atoms in total. The Labute approximate surface area is 202 Å². The maximum absolute atomic E-state index is 13.7. The maximum atomic E-state index is 13.7. The second-order valence-electron chi connectivity index (χ2n) is 9.52. The van der Waals surface area contributed by atoms with Gasteiger partial charge in [0, 0.05) is 42.5 Å². The first-order valence-corrected chi connectivity index (χ1v) is 12.5. The van der Waals surface area contributed by atoms with Crippen LogP contribution in [0.25, 0.3) is 0 Å². The summed E-state index contributed by atoms with van der Waals surface area (Å²) < 4.78 is 7.99. The van der Waals surface area contributed by atoms with Gasteiger partial charge in [0.05, 0.1) is 19.3 Å². The lowest BCUT2D eigenvalue weighted by atomic mass is 10.1. The summed E-state index contributed by atoms with van der Waals surface area (Å²) in [5, 5.41) is 4.43. The van der Waals surface area contributed by atoms with E-state index in [2.05, 4.69) is 16.1 Å². The lowest BCUT2D eigenvalue weighted by Gasteiger charge is -2.26. The number of anilines is 1. The Balaban J connectivity index is 1.29. The molecule has 5 rings (SSSR count). The van der Waals surface area contributed by atoms with Crippen LogP contribution in [0.3, 0.4) is 0 Å². The molecule has 0 aliphatic carbocycles. The molecule has 2 aliphatic heterocycles. The Morgan fingerprint density at radius 1 is 1.06 bits per heavy atom.